The van der Waals surface area contributed by atoms with Crippen LogP contribution in [0.3, 0.4) is 0 Å². The molecule has 3 rings (SSSR count). The highest BCUT2D eigenvalue weighted by Crippen LogP contribution is 2.28. The number of amides is 2. The Morgan fingerprint density at radius 2 is 2.03 bits per heavy atom. The van der Waals surface area contributed by atoms with Gasteiger partial charge in [-0.05, 0) is 49.6 Å². The van der Waals surface area contributed by atoms with Gasteiger partial charge in [-0.25, -0.2) is 4.39 Å². The van der Waals surface area contributed by atoms with Gasteiger partial charge in [0.1, 0.15) is 12.4 Å². The minimum atomic E-state index is -0.470. The number of carbonyl (C=O) groups excluding carboxylic acids is 2. The molecule has 0 radical (unpaired) electrons. The van der Waals surface area contributed by atoms with E-state index in [-0.39, 0.29) is 30.0 Å². The Labute approximate surface area is 170 Å². The molecule has 6 nitrogen and oxygen atoms in total. The molecule has 1 aliphatic rings. The van der Waals surface area contributed by atoms with Gasteiger partial charge < -0.3 is 19.1 Å². The quantitative estimate of drug-likeness (QED) is 0.576. The van der Waals surface area contributed by atoms with Crippen molar-refractivity contribution in [2.45, 2.75) is 31.8 Å². The molecule has 0 atom stereocenters. The third-order valence-electron chi connectivity index (χ3n) is 5.15. The zero-order chi connectivity index (χ0) is 20.8. The Morgan fingerprint density at radius 3 is 2.66 bits per heavy atom. The van der Waals surface area contributed by atoms with E-state index in [1.165, 1.54) is 23.1 Å². The standard InChI is InChI=1S/C22H28FN3O3/c1-24-11-4-8-20(24)15-26(19-9-10-19)21(27)16-25(12-5-13-29-2)22(28)17-6-3-7-18(23)14-17/h3-4,6-8,11,14,19H,5,9-10,12-13,15-16H2,1-2H3. The van der Waals surface area contributed by atoms with E-state index in [2.05, 4.69) is 0 Å². The molecule has 0 bridgehead atoms. The number of rotatable bonds is 10. The van der Waals surface area contributed by atoms with Gasteiger partial charge in [-0.2, -0.15) is 0 Å². The number of benzene rings is 1. The van der Waals surface area contributed by atoms with Crippen molar-refractivity contribution in [1.82, 2.24) is 14.4 Å². The summed E-state index contributed by atoms with van der Waals surface area (Å²) in [6, 6.07) is 9.75. The zero-order valence-corrected chi connectivity index (χ0v) is 17.0. The van der Waals surface area contributed by atoms with Gasteiger partial charge in [0.2, 0.25) is 5.91 Å². The van der Waals surface area contributed by atoms with E-state index < -0.39 is 5.82 Å². The van der Waals surface area contributed by atoms with Crippen LogP contribution < -0.4 is 0 Å². The fourth-order valence-electron chi connectivity index (χ4n) is 3.35. The molecule has 0 N–H and O–H groups in total. The Morgan fingerprint density at radius 1 is 1.24 bits per heavy atom. The fourth-order valence-corrected chi connectivity index (χ4v) is 3.35. The second kappa shape index (κ2) is 9.69. The van der Waals surface area contributed by atoms with E-state index in [0.29, 0.717) is 26.1 Å². The van der Waals surface area contributed by atoms with Crippen molar-refractivity contribution < 1.29 is 18.7 Å². The van der Waals surface area contributed by atoms with Crippen molar-refractivity contribution >= 4 is 11.8 Å². The van der Waals surface area contributed by atoms with Crippen LogP contribution in [-0.2, 0) is 23.1 Å². The predicted octanol–water partition coefficient (Wildman–Crippen LogP) is 2.83. The van der Waals surface area contributed by atoms with Gasteiger partial charge >= 0.3 is 0 Å². The van der Waals surface area contributed by atoms with Gasteiger partial charge in [0.15, 0.2) is 0 Å². The number of hydrogen-bond acceptors (Lipinski definition) is 3. The molecule has 0 aliphatic heterocycles. The van der Waals surface area contributed by atoms with Gasteiger partial charge in [-0.15, -0.1) is 0 Å². The van der Waals surface area contributed by atoms with Crippen molar-refractivity contribution in [3.63, 3.8) is 0 Å². The summed E-state index contributed by atoms with van der Waals surface area (Å²) in [7, 11) is 3.55. The number of nitrogens with zero attached hydrogens (tertiary/aromatic N) is 3. The normalized spacial score (nSPS) is 13.3. The lowest BCUT2D eigenvalue weighted by Gasteiger charge is -2.28. The van der Waals surface area contributed by atoms with Gasteiger partial charge in [-0.1, -0.05) is 6.07 Å². The average Bonchev–Trinajstić information content (AvgIpc) is 3.46. The smallest absolute Gasteiger partial charge is 0.254 e. The number of aromatic nitrogens is 1. The van der Waals surface area contributed by atoms with Gasteiger partial charge in [0, 0.05) is 50.8 Å². The highest BCUT2D eigenvalue weighted by molar-refractivity contribution is 5.96. The number of hydrogen-bond donors (Lipinski definition) is 0. The van der Waals surface area contributed by atoms with Crippen LogP contribution in [0.5, 0.6) is 0 Å². The molecule has 2 amide bonds. The molecule has 1 aromatic carbocycles. The number of ether oxygens (including phenoxy) is 1. The maximum Gasteiger partial charge on any atom is 0.254 e. The summed E-state index contributed by atoms with van der Waals surface area (Å²) in [5.74, 6) is -0.901. The molecular formula is C22H28FN3O3. The topological polar surface area (TPSA) is 54.8 Å². The second-order valence-corrected chi connectivity index (χ2v) is 7.45. The summed E-state index contributed by atoms with van der Waals surface area (Å²) in [6.45, 7) is 1.35. The summed E-state index contributed by atoms with van der Waals surface area (Å²) in [5, 5.41) is 0. The molecular weight excluding hydrogens is 373 g/mol. The monoisotopic (exact) mass is 401 g/mol. The fraction of sp³-hybridized carbons (Fsp3) is 0.455. The van der Waals surface area contributed by atoms with Crippen molar-refractivity contribution in [2.75, 3.05) is 26.8 Å². The number of aryl methyl sites for hydroxylation is 1. The molecule has 0 saturated heterocycles. The molecule has 1 fully saturated rings. The lowest BCUT2D eigenvalue weighted by molar-refractivity contribution is -0.133. The van der Waals surface area contributed by atoms with E-state index in [9.17, 15) is 14.0 Å². The first kappa shape index (κ1) is 21.0. The van der Waals surface area contributed by atoms with Crippen molar-refractivity contribution in [2.24, 2.45) is 7.05 Å². The zero-order valence-electron chi connectivity index (χ0n) is 17.0. The summed E-state index contributed by atoms with van der Waals surface area (Å²) < 4.78 is 20.7. The Hall–Kier alpha value is -2.67. The van der Waals surface area contributed by atoms with E-state index >= 15 is 0 Å². The Bertz CT molecular complexity index is 847. The molecule has 0 spiro atoms. The van der Waals surface area contributed by atoms with E-state index in [4.69, 9.17) is 4.74 Å². The van der Waals surface area contributed by atoms with Gasteiger partial charge in [0.25, 0.3) is 5.91 Å². The first-order chi connectivity index (χ1) is 14.0. The summed E-state index contributed by atoms with van der Waals surface area (Å²) in [5.41, 5.74) is 1.29. The molecule has 29 heavy (non-hydrogen) atoms. The molecule has 0 unspecified atom stereocenters. The third-order valence-corrected chi connectivity index (χ3v) is 5.15. The summed E-state index contributed by atoms with van der Waals surface area (Å²) >= 11 is 0. The Balaban J connectivity index is 1.73. The van der Waals surface area contributed by atoms with Gasteiger partial charge in [-0.3, -0.25) is 9.59 Å². The molecule has 2 aromatic rings. The van der Waals surface area contributed by atoms with Crippen LogP contribution in [0.1, 0.15) is 35.3 Å². The second-order valence-electron chi connectivity index (χ2n) is 7.45. The average molecular weight is 401 g/mol. The lowest BCUT2D eigenvalue weighted by atomic mass is 10.2. The molecule has 1 saturated carbocycles. The van der Waals surface area contributed by atoms with Crippen LogP contribution in [0.15, 0.2) is 42.6 Å². The summed E-state index contributed by atoms with van der Waals surface area (Å²) in [4.78, 5) is 29.4. The van der Waals surface area contributed by atoms with E-state index in [1.807, 2.05) is 34.8 Å². The molecule has 1 aromatic heterocycles. The van der Waals surface area contributed by atoms with Crippen LogP contribution in [-0.4, -0.2) is 59.0 Å². The van der Waals surface area contributed by atoms with Crippen LogP contribution >= 0.6 is 0 Å². The van der Waals surface area contributed by atoms with Crippen LogP contribution in [0, 0.1) is 5.82 Å². The lowest BCUT2D eigenvalue weighted by Crippen LogP contribution is -2.44. The van der Waals surface area contributed by atoms with Crippen molar-refractivity contribution in [1.29, 1.82) is 0 Å². The molecule has 7 heteroatoms. The van der Waals surface area contributed by atoms with Crippen LogP contribution in [0.2, 0.25) is 0 Å². The van der Waals surface area contributed by atoms with Crippen LogP contribution in [0.4, 0.5) is 4.39 Å². The maximum absolute atomic E-state index is 13.6. The van der Waals surface area contributed by atoms with Gasteiger partial charge in [0.05, 0.1) is 6.54 Å². The largest absolute Gasteiger partial charge is 0.385 e. The first-order valence-corrected chi connectivity index (χ1v) is 9.93. The SMILES string of the molecule is COCCCN(CC(=O)N(Cc1cccn1C)C1CC1)C(=O)c1cccc(F)c1. The number of methoxy groups -OCH3 is 1. The van der Waals surface area contributed by atoms with E-state index in [0.717, 1.165) is 18.5 Å². The number of carbonyl (C=O) groups is 2. The highest BCUT2D eigenvalue weighted by Gasteiger charge is 2.34. The minimum Gasteiger partial charge on any atom is -0.385 e. The van der Waals surface area contributed by atoms with Crippen molar-refractivity contribution in [3.8, 4) is 0 Å². The molecule has 1 aliphatic carbocycles. The third kappa shape index (κ3) is 5.67. The van der Waals surface area contributed by atoms with Crippen LogP contribution in [0.25, 0.3) is 0 Å². The minimum absolute atomic E-state index is 0.0278. The highest BCUT2D eigenvalue weighted by atomic mass is 19.1. The molecule has 156 valence electrons. The number of halogens is 1. The first-order valence-electron chi connectivity index (χ1n) is 9.93. The predicted molar refractivity (Wildman–Crippen MR) is 108 cm³/mol. The maximum atomic E-state index is 13.6. The molecule has 1 heterocycles. The van der Waals surface area contributed by atoms with Crippen molar-refractivity contribution in [3.05, 3.63) is 59.7 Å². The van der Waals surface area contributed by atoms with E-state index in [1.54, 1.807) is 13.2 Å². The Kier molecular flexibility index (Phi) is 7.04. The summed E-state index contributed by atoms with van der Waals surface area (Å²) in [6.07, 6.45) is 4.52.